The van der Waals surface area contributed by atoms with E-state index in [4.69, 9.17) is 10.00 Å². The fraction of sp³-hybridized carbons (Fsp3) is 0.286. The van der Waals surface area contributed by atoms with Crippen LogP contribution in [0.15, 0.2) is 28.2 Å². The van der Waals surface area contributed by atoms with Crippen LogP contribution in [0.4, 0.5) is 0 Å². The number of phenols is 1. The Morgan fingerprint density at radius 2 is 2.15 bits per heavy atom. The van der Waals surface area contributed by atoms with Crippen LogP contribution in [0.3, 0.4) is 0 Å². The number of rotatable bonds is 2. The molecule has 1 aliphatic heterocycles. The molecule has 0 bridgehead atoms. The third kappa shape index (κ3) is 3.38. The lowest BCUT2D eigenvalue weighted by Crippen LogP contribution is -2.41. The molecule has 5 nitrogen and oxygen atoms in total. The van der Waals surface area contributed by atoms with Crippen molar-refractivity contribution in [3.8, 4) is 11.8 Å². The summed E-state index contributed by atoms with van der Waals surface area (Å²) in [5.74, 6) is -0.314. The van der Waals surface area contributed by atoms with E-state index < -0.39 is 0 Å². The van der Waals surface area contributed by atoms with Gasteiger partial charge in [-0.25, -0.2) is 0 Å². The fourth-order valence-electron chi connectivity index (χ4n) is 1.88. The summed E-state index contributed by atoms with van der Waals surface area (Å²) < 4.78 is 5.94. The molecule has 1 N–H and O–H groups in total. The van der Waals surface area contributed by atoms with Crippen molar-refractivity contribution in [2.75, 3.05) is 26.3 Å². The highest BCUT2D eigenvalue weighted by atomic mass is 79.9. The number of ether oxygens (including phenoxy) is 1. The quantitative estimate of drug-likeness (QED) is 0.661. The highest BCUT2D eigenvalue weighted by Crippen LogP contribution is 2.24. The Labute approximate surface area is 125 Å². The minimum absolute atomic E-state index is 0.000278. The predicted molar refractivity (Wildman–Crippen MR) is 76.8 cm³/mol. The molecule has 0 atom stereocenters. The monoisotopic (exact) mass is 336 g/mol. The summed E-state index contributed by atoms with van der Waals surface area (Å²) in [5.41, 5.74) is 0.429. The number of nitriles is 1. The molecule has 1 saturated heterocycles. The average molecular weight is 337 g/mol. The second kappa shape index (κ2) is 6.55. The Morgan fingerprint density at radius 3 is 2.80 bits per heavy atom. The number of halogens is 1. The maximum Gasteiger partial charge on any atom is 0.264 e. The molecule has 0 aromatic heterocycles. The number of hydrogen-bond acceptors (Lipinski definition) is 4. The van der Waals surface area contributed by atoms with Crippen molar-refractivity contribution < 1.29 is 14.6 Å². The van der Waals surface area contributed by atoms with E-state index in [1.165, 1.54) is 12.1 Å². The fourth-order valence-corrected chi connectivity index (χ4v) is 2.25. The van der Waals surface area contributed by atoms with Gasteiger partial charge in [-0.05, 0) is 24.3 Å². The zero-order valence-electron chi connectivity index (χ0n) is 10.7. The Balaban J connectivity index is 2.27. The summed E-state index contributed by atoms with van der Waals surface area (Å²) in [7, 11) is 0. The lowest BCUT2D eigenvalue weighted by atomic mass is 10.1. The summed E-state index contributed by atoms with van der Waals surface area (Å²) in [6.45, 7) is 1.91. The second-order valence-corrected chi connectivity index (χ2v) is 5.19. The van der Waals surface area contributed by atoms with Gasteiger partial charge >= 0.3 is 0 Å². The molecule has 1 aromatic rings. The van der Waals surface area contributed by atoms with Gasteiger partial charge in [0.2, 0.25) is 0 Å². The highest BCUT2D eigenvalue weighted by molar-refractivity contribution is 9.10. The molecule has 20 heavy (non-hydrogen) atoms. The third-order valence-corrected chi connectivity index (χ3v) is 3.43. The van der Waals surface area contributed by atoms with Crippen molar-refractivity contribution in [2.24, 2.45) is 0 Å². The minimum atomic E-state index is -0.338. The van der Waals surface area contributed by atoms with E-state index in [0.717, 1.165) is 4.47 Å². The number of hydrogen-bond donors (Lipinski definition) is 1. The number of amides is 1. The van der Waals surface area contributed by atoms with Crippen LogP contribution in [-0.2, 0) is 9.53 Å². The maximum absolute atomic E-state index is 12.2. The number of phenolic OH excluding ortho intramolecular Hbond substituents is 1. The van der Waals surface area contributed by atoms with Gasteiger partial charge in [-0.1, -0.05) is 15.9 Å². The zero-order chi connectivity index (χ0) is 14.5. The zero-order valence-corrected chi connectivity index (χ0v) is 12.3. The van der Waals surface area contributed by atoms with Crippen molar-refractivity contribution in [1.82, 2.24) is 4.90 Å². The number of benzene rings is 1. The van der Waals surface area contributed by atoms with Crippen molar-refractivity contribution in [2.45, 2.75) is 0 Å². The number of carbonyl (C=O) groups excluding carboxylic acids is 1. The Hall–Kier alpha value is -1.84. The van der Waals surface area contributed by atoms with Crippen LogP contribution in [-0.4, -0.2) is 42.2 Å². The Morgan fingerprint density at radius 1 is 1.45 bits per heavy atom. The van der Waals surface area contributed by atoms with E-state index >= 15 is 0 Å². The van der Waals surface area contributed by atoms with Crippen LogP contribution in [0.25, 0.3) is 6.08 Å². The topological polar surface area (TPSA) is 73.6 Å². The number of carbonyl (C=O) groups is 1. The van der Waals surface area contributed by atoms with Gasteiger partial charge in [0.25, 0.3) is 5.91 Å². The lowest BCUT2D eigenvalue weighted by Gasteiger charge is -2.26. The summed E-state index contributed by atoms with van der Waals surface area (Å²) in [6.07, 6.45) is 1.40. The number of aromatic hydroxyl groups is 1. The molecule has 0 aliphatic carbocycles. The van der Waals surface area contributed by atoms with Gasteiger partial charge in [0, 0.05) is 23.1 Å². The van der Waals surface area contributed by atoms with Crippen LogP contribution in [0.2, 0.25) is 0 Å². The number of nitrogens with zero attached hydrogens (tertiary/aromatic N) is 2. The van der Waals surface area contributed by atoms with E-state index in [9.17, 15) is 9.90 Å². The third-order valence-electron chi connectivity index (χ3n) is 2.94. The van der Waals surface area contributed by atoms with E-state index in [1.807, 2.05) is 6.07 Å². The van der Waals surface area contributed by atoms with Crippen LogP contribution in [0.5, 0.6) is 5.75 Å². The predicted octanol–water partition coefficient (Wildman–Crippen LogP) is 1.92. The molecule has 0 saturated carbocycles. The molecule has 1 heterocycles. The van der Waals surface area contributed by atoms with Gasteiger partial charge in [0.15, 0.2) is 0 Å². The van der Waals surface area contributed by atoms with Crippen LogP contribution in [0, 0.1) is 11.3 Å². The Bertz CT molecular complexity index is 587. The molecule has 0 spiro atoms. The van der Waals surface area contributed by atoms with E-state index in [2.05, 4.69) is 15.9 Å². The van der Waals surface area contributed by atoms with Crippen LogP contribution >= 0.6 is 15.9 Å². The van der Waals surface area contributed by atoms with Crippen molar-refractivity contribution in [3.63, 3.8) is 0 Å². The molecule has 1 aromatic carbocycles. The summed E-state index contributed by atoms with van der Waals surface area (Å²) in [5, 5.41) is 18.9. The average Bonchev–Trinajstić information content (AvgIpc) is 2.48. The second-order valence-electron chi connectivity index (χ2n) is 4.28. The SMILES string of the molecule is N#C/C(=C\c1cc(Br)ccc1O)C(=O)N1CCOCC1. The van der Waals surface area contributed by atoms with Crippen LogP contribution < -0.4 is 0 Å². The summed E-state index contributed by atoms with van der Waals surface area (Å²) in [6, 6.07) is 6.74. The van der Waals surface area contributed by atoms with E-state index in [-0.39, 0.29) is 17.2 Å². The van der Waals surface area contributed by atoms with Gasteiger partial charge in [0.05, 0.1) is 13.2 Å². The molecule has 6 heteroatoms. The normalized spacial score (nSPS) is 15.8. The summed E-state index contributed by atoms with van der Waals surface area (Å²) in [4.78, 5) is 13.8. The van der Waals surface area contributed by atoms with Crippen LogP contribution in [0.1, 0.15) is 5.56 Å². The summed E-state index contributed by atoms with van der Waals surface area (Å²) >= 11 is 3.29. The molecular formula is C14H13BrN2O3. The van der Waals surface area contributed by atoms with Gasteiger partial charge < -0.3 is 14.7 Å². The molecule has 1 fully saturated rings. The van der Waals surface area contributed by atoms with Crippen molar-refractivity contribution in [3.05, 3.63) is 33.8 Å². The van der Waals surface area contributed by atoms with E-state index in [1.54, 1.807) is 17.0 Å². The molecule has 1 aliphatic rings. The first kappa shape index (κ1) is 14.6. The first-order chi connectivity index (χ1) is 9.61. The first-order valence-corrected chi connectivity index (χ1v) is 6.88. The molecule has 104 valence electrons. The molecule has 0 radical (unpaired) electrons. The van der Waals surface area contributed by atoms with Gasteiger partial charge in [-0.3, -0.25) is 4.79 Å². The molecule has 0 unspecified atom stereocenters. The molecular weight excluding hydrogens is 324 g/mol. The molecule has 1 amide bonds. The van der Waals surface area contributed by atoms with E-state index in [0.29, 0.717) is 31.9 Å². The maximum atomic E-state index is 12.2. The molecule has 2 rings (SSSR count). The highest BCUT2D eigenvalue weighted by Gasteiger charge is 2.20. The van der Waals surface area contributed by atoms with Gasteiger partial charge in [-0.2, -0.15) is 5.26 Å². The van der Waals surface area contributed by atoms with Gasteiger partial charge in [0.1, 0.15) is 17.4 Å². The minimum Gasteiger partial charge on any atom is -0.507 e. The standard InChI is InChI=1S/C14H13BrN2O3/c15-12-1-2-13(18)10(8-12)7-11(9-16)14(19)17-3-5-20-6-4-17/h1-2,7-8,18H,3-6H2/b11-7+. The Kier molecular flexibility index (Phi) is 4.77. The first-order valence-electron chi connectivity index (χ1n) is 6.09. The lowest BCUT2D eigenvalue weighted by molar-refractivity contribution is -0.130. The smallest absolute Gasteiger partial charge is 0.264 e. The largest absolute Gasteiger partial charge is 0.507 e. The van der Waals surface area contributed by atoms with Crippen molar-refractivity contribution in [1.29, 1.82) is 5.26 Å². The number of morpholine rings is 1. The van der Waals surface area contributed by atoms with Crippen molar-refractivity contribution >= 4 is 27.9 Å². The van der Waals surface area contributed by atoms with Gasteiger partial charge in [-0.15, -0.1) is 0 Å².